The van der Waals surface area contributed by atoms with E-state index in [1.165, 1.54) is 6.08 Å². The Balaban J connectivity index is 2.01. The predicted octanol–water partition coefficient (Wildman–Crippen LogP) is 6.35. The van der Waals surface area contributed by atoms with Crippen molar-refractivity contribution in [3.8, 4) is 23.3 Å². The highest BCUT2D eigenvalue weighted by Gasteiger charge is 2.15. The SMILES string of the molecule is CCOC(=O)/C(C#N)=C/c1ccc(OC(=O)CCCOc2cc(C)c(Cl)c(C)c2Br)c(OCC)c1. The molecule has 0 saturated heterocycles. The first-order chi connectivity index (χ1) is 16.7. The van der Waals surface area contributed by atoms with E-state index in [-0.39, 0.29) is 24.4 Å². The molecule has 9 heteroatoms. The van der Waals surface area contributed by atoms with Crippen LogP contribution in [0.4, 0.5) is 0 Å². The minimum absolute atomic E-state index is 0.137. The summed E-state index contributed by atoms with van der Waals surface area (Å²) in [6.07, 6.45) is 1.97. The lowest BCUT2D eigenvalue weighted by atomic mass is 10.1. The van der Waals surface area contributed by atoms with Crippen molar-refractivity contribution in [2.45, 2.75) is 40.5 Å². The lowest BCUT2D eigenvalue weighted by molar-refractivity contribution is -0.138. The molecule has 0 amide bonds. The zero-order chi connectivity index (χ0) is 26.0. The second-order valence-corrected chi connectivity index (χ2v) is 8.57. The fraction of sp³-hybridized carbons (Fsp3) is 0.346. The van der Waals surface area contributed by atoms with Gasteiger partial charge in [-0.15, -0.1) is 0 Å². The molecule has 186 valence electrons. The molecule has 0 N–H and O–H groups in total. The van der Waals surface area contributed by atoms with Crippen LogP contribution in [0.25, 0.3) is 6.08 Å². The molecule has 0 aliphatic heterocycles. The summed E-state index contributed by atoms with van der Waals surface area (Å²) in [5.41, 5.74) is 2.20. The minimum Gasteiger partial charge on any atom is -0.492 e. The van der Waals surface area contributed by atoms with Crippen LogP contribution in [-0.4, -0.2) is 31.8 Å². The van der Waals surface area contributed by atoms with Crippen LogP contribution in [0.15, 0.2) is 34.3 Å². The summed E-state index contributed by atoms with van der Waals surface area (Å²) in [7, 11) is 0. The van der Waals surface area contributed by atoms with Crippen molar-refractivity contribution in [2.75, 3.05) is 19.8 Å². The molecule has 0 unspecified atom stereocenters. The van der Waals surface area contributed by atoms with Crippen molar-refractivity contribution in [1.29, 1.82) is 5.26 Å². The van der Waals surface area contributed by atoms with E-state index in [2.05, 4.69) is 15.9 Å². The molecule has 0 atom stereocenters. The maximum absolute atomic E-state index is 12.4. The van der Waals surface area contributed by atoms with Crippen LogP contribution in [0.3, 0.4) is 0 Å². The second-order valence-electron chi connectivity index (χ2n) is 7.40. The molecule has 0 aromatic heterocycles. The van der Waals surface area contributed by atoms with Crippen LogP contribution < -0.4 is 14.2 Å². The molecule has 2 rings (SSSR count). The molecular formula is C26H27BrClNO6. The maximum atomic E-state index is 12.4. The summed E-state index contributed by atoms with van der Waals surface area (Å²) in [4.78, 5) is 24.2. The summed E-state index contributed by atoms with van der Waals surface area (Å²) < 4.78 is 22.5. The van der Waals surface area contributed by atoms with Crippen molar-refractivity contribution < 1.29 is 28.5 Å². The number of halogens is 2. The van der Waals surface area contributed by atoms with E-state index < -0.39 is 11.9 Å². The van der Waals surface area contributed by atoms with Crippen molar-refractivity contribution >= 4 is 45.5 Å². The lowest BCUT2D eigenvalue weighted by Crippen LogP contribution is -2.11. The van der Waals surface area contributed by atoms with Gasteiger partial charge in [0, 0.05) is 11.4 Å². The molecule has 0 bridgehead atoms. The Morgan fingerprint density at radius 1 is 1.09 bits per heavy atom. The Bertz CT molecular complexity index is 1160. The third-order valence-corrected chi connectivity index (χ3v) is 6.34. The van der Waals surface area contributed by atoms with Gasteiger partial charge in [-0.1, -0.05) is 17.7 Å². The largest absolute Gasteiger partial charge is 0.492 e. The van der Waals surface area contributed by atoms with E-state index in [0.717, 1.165) is 15.6 Å². The molecule has 0 saturated carbocycles. The van der Waals surface area contributed by atoms with Crippen molar-refractivity contribution in [3.05, 3.63) is 56.0 Å². The average Bonchev–Trinajstić information content (AvgIpc) is 2.83. The lowest BCUT2D eigenvalue weighted by Gasteiger charge is -2.13. The molecular weight excluding hydrogens is 538 g/mol. The Morgan fingerprint density at radius 3 is 2.49 bits per heavy atom. The summed E-state index contributed by atoms with van der Waals surface area (Å²) >= 11 is 9.73. The number of nitrogens with zero attached hydrogens (tertiary/aromatic N) is 1. The summed E-state index contributed by atoms with van der Waals surface area (Å²) in [5, 5.41) is 9.91. The predicted molar refractivity (Wildman–Crippen MR) is 137 cm³/mol. The van der Waals surface area contributed by atoms with E-state index in [0.29, 0.717) is 41.7 Å². The van der Waals surface area contributed by atoms with Gasteiger partial charge in [0.05, 0.1) is 24.3 Å². The van der Waals surface area contributed by atoms with Gasteiger partial charge in [-0.05, 0) is 91.0 Å². The number of ether oxygens (including phenoxy) is 4. The van der Waals surface area contributed by atoms with E-state index >= 15 is 0 Å². The molecule has 0 radical (unpaired) electrons. The highest BCUT2D eigenvalue weighted by atomic mass is 79.9. The standard InChI is InChI=1S/C26H27BrClNO6/c1-5-32-21-14-18(13-19(15-29)26(31)33-6-2)9-10-20(21)35-23(30)8-7-11-34-22-12-16(3)25(28)17(4)24(22)27/h9-10,12-14H,5-8,11H2,1-4H3/b19-13+. The van der Waals surface area contributed by atoms with E-state index in [1.807, 2.05) is 26.0 Å². The fourth-order valence-electron chi connectivity index (χ4n) is 3.06. The summed E-state index contributed by atoms with van der Waals surface area (Å²) in [6.45, 7) is 8.08. The average molecular weight is 565 g/mol. The molecule has 0 fully saturated rings. The topological polar surface area (TPSA) is 94.9 Å². The van der Waals surface area contributed by atoms with Crippen LogP contribution in [0.5, 0.6) is 17.2 Å². The summed E-state index contributed by atoms with van der Waals surface area (Å²) in [6, 6.07) is 8.44. The Hall–Kier alpha value is -3.02. The number of rotatable bonds is 11. The third-order valence-electron chi connectivity index (χ3n) is 4.77. The van der Waals surface area contributed by atoms with Gasteiger partial charge in [-0.25, -0.2) is 4.79 Å². The van der Waals surface area contributed by atoms with Gasteiger partial charge < -0.3 is 18.9 Å². The van der Waals surface area contributed by atoms with Crippen molar-refractivity contribution in [2.24, 2.45) is 0 Å². The first kappa shape index (κ1) is 28.2. The van der Waals surface area contributed by atoms with Crippen molar-refractivity contribution in [3.63, 3.8) is 0 Å². The Labute approximate surface area is 218 Å². The Morgan fingerprint density at radius 2 is 1.83 bits per heavy atom. The van der Waals surface area contributed by atoms with Gasteiger partial charge in [0.1, 0.15) is 17.4 Å². The highest BCUT2D eigenvalue weighted by molar-refractivity contribution is 9.10. The van der Waals surface area contributed by atoms with Gasteiger partial charge in [-0.3, -0.25) is 4.79 Å². The van der Waals surface area contributed by atoms with Crippen LogP contribution in [0.2, 0.25) is 5.02 Å². The number of aryl methyl sites for hydroxylation is 1. The van der Waals surface area contributed by atoms with Gasteiger partial charge in [-0.2, -0.15) is 5.26 Å². The number of hydrogen-bond acceptors (Lipinski definition) is 7. The third kappa shape index (κ3) is 8.01. The van der Waals surface area contributed by atoms with Crippen molar-refractivity contribution in [1.82, 2.24) is 0 Å². The number of carbonyl (C=O) groups excluding carboxylic acids is 2. The monoisotopic (exact) mass is 563 g/mol. The van der Waals surface area contributed by atoms with Gasteiger partial charge in [0.15, 0.2) is 11.5 Å². The quantitative estimate of drug-likeness (QED) is 0.103. The molecule has 0 spiro atoms. The molecule has 0 aliphatic rings. The van der Waals surface area contributed by atoms with E-state index in [1.54, 1.807) is 32.0 Å². The second kappa shape index (κ2) is 13.8. The van der Waals surface area contributed by atoms with Gasteiger partial charge in [0.2, 0.25) is 0 Å². The highest BCUT2D eigenvalue weighted by Crippen LogP contribution is 2.36. The molecule has 7 nitrogen and oxygen atoms in total. The van der Waals surface area contributed by atoms with Gasteiger partial charge >= 0.3 is 11.9 Å². The first-order valence-corrected chi connectivity index (χ1v) is 12.2. The molecule has 35 heavy (non-hydrogen) atoms. The smallest absolute Gasteiger partial charge is 0.348 e. The number of carbonyl (C=O) groups is 2. The van der Waals surface area contributed by atoms with Crippen LogP contribution in [0.1, 0.15) is 43.4 Å². The number of nitriles is 1. The number of hydrogen-bond donors (Lipinski definition) is 0. The van der Waals surface area contributed by atoms with Crippen LogP contribution in [-0.2, 0) is 14.3 Å². The molecule has 2 aromatic carbocycles. The number of benzene rings is 2. The molecule has 2 aromatic rings. The zero-order valence-corrected chi connectivity index (χ0v) is 22.4. The van der Waals surface area contributed by atoms with Crippen LogP contribution >= 0.6 is 27.5 Å². The molecule has 0 aliphatic carbocycles. The van der Waals surface area contributed by atoms with E-state index in [4.69, 9.17) is 30.5 Å². The van der Waals surface area contributed by atoms with Crippen LogP contribution in [0, 0.1) is 25.2 Å². The maximum Gasteiger partial charge on any atom is 0.348 e. The van der Waals surface area contributed by atoms with E-state index in [9.17, 15) is 14.9 Å². The summed E-state index contributed by atoms with van der Waals surface area (Å²) in [5.74, 6) is 0.0881. The number of esters is 2. The van der Waals surface area contributed by atoms with Gasteiger partial charge in [0.25, 0.3) is 0 Å². The minimum atomic E-state index is -0.707. The molecule has 0 heterocycles. The fourth-order valence-corrected chi connectivity index (χ4v) is 3.75. The Kier molecular flexibility index (Phi) is 11.1. The zero-order valence-electron chi connectivity index (χ0n) is 20.1. The normalized spacial score (nSPS) is 10.9. The first-order valence-electron chi connectivity index (χ1n) is 11.1.